The van der Waals surface area contributed by atoms with Gasteiger partial charge in [0.2, 0.25) is 5.95 Å². The Morgan fingerprint density at radius 3 is 2.51 bits per heavy atom. The lowest BCUT2D eigenvalue weighted by Gasteiger charge is -2.26. The molecule has 0 bridgehead atoms. The molecule has 1 saturated heterocycles. The Labute approximate surface area is 209 Å². The van der Waals surface area contributed by atoms with Crippen LogP contribution in [0.4, 0.5) is 5.95 Å². The molecule has 2 aliphatic rings. The number of nitrogens with one attached hydrogen (secondary N) is 1. The van der Waals surface area contributed by atoms with Gasteiger partial charge in [0.1, 0.15) is 5.69 Å². The first-order valence-corrected chi connectivity index (χ1v) is 13.6. The zero-order valence-electron chi connectivity index (χ0n) is 21.3. The Hall–Kier alpha value is -2.51. The monoisotopic (exact) mass is 476 g/mol. The summed E-state index contributed by atoms with van der Waals surface area (Å²) in [6, 6.07) is 9.47. The van der Waals surface area contributed by atoms with Gasteiger partial charge in [0.15, 0.2) is 5.65 Å². The number of piperidine rings is 1. The summed E-state index contributed by atoms with van der Waals surface area (Å²) in [5.74, 6) is 0.666. The maximum atomic E-state index is 10.0. The van der Waals surface area contributed by atoms with E-state index in [-0.39, 0.29) is 12.1 Å². The molecule has 2 fully saturated rings. The quantitative estimate of drug-likeness (QED) is 0.443. The van der Waals surface area contributed by atoms with E-state index in [1.165, 1.54) is 37.9 Å². The first-order chi connectivity index (χ1) is 17.1. The summed E-state index contributed by atoms with van der Waals surface area (Å²) in [6.45, 7) is 7.80. The van der Waals surface area contributed by atoms with Crippen molar-refractivity contribution >= 4 is 17.0 Å². The summed E-state index contributed by atoms with van der Waals surface area (Å²) in [5.41, 5.74) is 4.30. The second-order valence-electron chi connectivity index (χ2n) is 10.6. The Bertz CT molecular complexity index is 1100. The van der Waals surface area contributed by atoms with Crippen LogP contribution in [0.1, 0.15) is 83.2 Å². The van der Waals surface area contributed by atoms with Gasteiger partial charge in [0, 0.05) is 24.3 Å². The second kappa shape index (κ2) is 11.0. The van der Waals surface area contributed by atoms with Gasteiger partial charge in [-0.1, -0.05) is 44.0 Å². The molecule has 1 aliphatic heterocycles. The lowest BCUT2D eigenvalue weighted by molar-refractivity contribution is 0.109. The number of rotatable bonds is 8. The molecule has 188 valence electrons. The molecule has 1 aromatic carbocycles. The fraction of sp³-hybridized carbons (Fsp3) is 0.607. The first kappa shape index (κ1) is 24.2. The molecule has 0 spiro atoms. The average molecular weight is 477 g/mol. The summed E-state index contributed by atoms with van der Waals surface area (Å²) in [6.07, 6.45) is 11.4. The highest BCUT2D eigenvalue weighted by atomic mass is 16.3. The van der Waals surface area contributed by atoms with Gasteiger partial charge < -0.3 is 10.4 Å². The van der Waals surface area contributed by atoms with Crippen LogP contribution in [0.5, 0.6) is 0 Å². The maximum absolute atomic E-state index is 10.0. The number of benzene rings is 1. The SMILES string of the molecule is CCC[C@H](C)Nc1ncc2c(-c3ccc(CN4CCCCC4)cc3)nn([C@H]3CC[C@H](O)CC3)c2n1. The zero-order valence-corrected chi connectivity index (χ0v) is 21.3. The molecular weight excluding hydrogens is 436 g/mol. The molecular formula is C28H40N6O. The predicted octanol–water partition coefficient (Wildman–Crippen LogP) is 5.56. The van der Waals surface area contributed by atoms with Crippen molar-refractivity contribution < 1.29 is 5.11 Å². The van der Waals surface area contributed by atoms with Crippen molar-refractivity contribution in [2.75, 3.05) is 18.4 Å². The van der Waals surface area contributed by atoms with E-state index in [0.717, 1.165) is 67.4 Å². The number of aliphatic hydroxyl groups excluding tert-OH is 1. The van der Waals surface area contributed by atoms with Crippen LogP contribution in [-0.2, 0) is 6.54 Å². The molecule has 0 unspecified atom stereocenters. The summed E-state index contributed by atoms with van der Waals surface area (Å²) < 4.78 is 2.11. The van der Waals surface area contributed by atoms with E-state index in [1.807, 2.05) is 6.20 Å². The van der Waals surface area contributed by atoms with Crippen LogP contribution in [0.3, 0.4) is 0 Å². The van der Waals surface area contributed by atoms with E-state index >= 15 is 0 Å². The van der Waals surface area contributed by atoms with E-state index in [4.69, 9.17) is 10.1 Å². The molecule has 2 aromatic heterocycles. The van der Waals surface area contributed by atoms with Crippen LogP contribution in [0, 0.1) is 0 Å². The van der Waals surface area contributed by atoms with Gasteiger partial charge in [-0.15, -0.1) is 0 Å². The highest BCUT2D eigenvalue weighted by Gasteiger charge is 2.26. The lowest BCUT2D eigenvalue weighted by Crippen LogP contribution is -2.28. The largest absolute Gasteiger partial charge is 0.393 e. The third kappa shape index (κ3) is 5.67. The zero-order chi connectivity index (χ0) is 24.2. The molecule has 35 heavy (non-hydrogen) atoms. The molecule has 7 heteroatoms. The Balaban J connectivity index is 1.45. The number of aliphatic hydroxyl groups is 1. The Morgan fingerprint density at radius 2 is 1.80 bits per heavy atom. The van der Waals surface area contributed by atoms with Gasteiger partial charge in [-0.3, -0.25) is 4.90 Å². The van der Waals surface area contributed by atoms with Gasteiger partial charge >= 0.3 is 0 Å². The molecule has 0 amide bonds. The van der Waals surface area contributed by atoms with E-state index in [1.54, 1.807) is 0 Å². The fourth-order valence-electron chi connectivity index (χ4n) is 5.63. The molecule has 2 N–H and O–H groups in total. The third-order valence-electron chi connectivity index (χ3n) is 7.64. The normalized spacial score (nSPS) is 22.4. The summed E-state index contributed by atoms with van der Waals surface area (Å²) in [5, 5.41) is 19.6. The van der Waals surface area contributed by atoms with Crippen LogP contribution in [0.2, 0.25) is 0 Å². The van der Waals surface area contributed by atoms with Crippen LogP contribution < -0.4 is 5.32 Å². The standard InChI is InChI=1S/C28H40N6O/c1-3-7-20(2)30-28-29-18-25-26(32-34(27(25)31-28)23-12-14-24(35)15-13-23)22-10-8-21(9-11-22)19-33-16-5-4-6-17-33/h8-11,18,20,23-24,35H,3-7,12-17,19H2,1-2H3,(H,29,30,31)/t20-,23-,24-/m0/s1. The van der Waals surface area contributed by atoms with Crippen molar-refractivity contribution in [3.63, 3.8) is 0 Å². The lowest BCUT2D eigenvalue weighted by atomic mass is 9.93. The molecule has 5 rings (SSSR count). The summed E-state index contributed by atoms with van der Waals surface area (Å²) >= 11 is 0. The first-order valence-electron chi connectivity index (χ1n) is 13.6. The average Bonchev–Trinajstić information content (AvgIpc) is 3.24. The molecule has 1 saturated carbocycles. The van der Waals surface area contributed by atoms with Crippen LogP contribution in [0.25, 0.3) is 22.3 Å². The third-order valence-corrected chi connectivity index (χ3v) is 7.64. The number of hydrogen-bond donors (Lipinski definition) is 2. The molecule has 3 aromatic rings. The highest BCUT2D eigenvalue weighted by molar-refractivity contribution is 5.91. The van der Waals surface area contributed by atoms with Gasteiger partial charge in [-0.2, -0.15) is 10.1 Å². The maximum Gasteiger partial charge on any atom is 0.224 e. The number of hydrogen-bond acceptors (Lipinski definition) is 6. The van der Waals surface area contributed by atoms with Crippen molar-refractivity contribution in [1.82, 2.24) is 24.6 Å². The molecule has 1 atom stereocenters. The predicted molar refractivity (Wildman–Crippen MR) is 141 cm³/mol. The van der Waals surface area contributed by atoms with Gasteiger partial charge in [-0.25, -0.2) is 9.67 Å². The van der Waals surface area contributed by atoms with Crippen molar-refractivity contribution in [1.29, 1.82) is 0 Å². The van der Waals surface area contributed by atoms with Crippen LogP contribution in [-0.4, -0.2) is 55.0 Å². The van der Waals surface area contributed by atoms with Crippen molar-refractivity contribution in [3.8, 4) is 11.3 Å². The minimum absolute atomic E-state index is 0.193. The van der Waals surface area contributed by atoms with Gasteiger partial charge in [0.05, 0.1) is 17.5 Å². The number of anilines is 1. The number of fused-ring (bicyclic) bond motifs is 1. The fourth-order valence-corrected chi connectivity index (χ4v) is 5.63. The number of aromatic nitrogens is 4. The molecule has 1 aliphatic carbocycles. The van der Waals surface area contributed by atoms with Crippen LogP contribution >= 0.6 is 0 Å². The van der Waals surface area contributed by atoms with E-state index in [9.17, 15) is 5.11 Å². The van der Waals surface area contributed by atoms with Gasteiger partial charge in [-0.05, 0) is 70.5 Å². The van der Waals surface area contributed by atoms with E-state index in [2.05, 4.69) is 58.0 Å². The smallest absolute Gasteiger partial charge is 0.224 e. The van der Waals surface area contributed by atoms with E-state index in [0.29, 0.717) is 12.0 Å². The van der Waals surface area contributed by atoms with Crippen molar-refractivity contribution in [2.24, 2.45) is 0 Å². The minimum atomic E-state index is -0.193. The van der Waals surface area contributed by atoms with Crippen molar-refractivity contribution in [3.05, 3.63) is 36.0 Å². The molecule has 3 heterocycles. The summed E-state index contributed by atoms with van der Waals surface area (Å²) in [7, 11) is 0. The Kier molecular flexibility index (Phi) is 7.63. The second-order valence-corrected chi connectivity index (χ2v) is 10.6. The minimum Gasteiger partial charge on any atom is -0.393 e. The highest BCUT2D eigenvalue weighted by Crippen LogP contribution is 2.34. The number of likely N-dealkylation sites (tertiary alicyclic amines) is 1. The van der Waals surface area contributed by atoms with Gasteiger partial charge in [0.25, 0.3) is 0 Å². The van der Waals surface area contributed by atoms with Crippen molar-refractivity contribution in [2.45, 2.75) is 96.4 Å². The topological polar surface area (TPSA) is 79.1 Å². The van der Waals surface area contributed by atoms with Crippen LogP contribution in [0.15, 0.2) is 30.5 Å². The van der Waals surface area contributed by atoms with E-state index < -0.39 is 0 Å². The molecule has 7 nitrogen and oxygen atoms in total. The number of nitrogens with zero attached hydrogens (tertiary/aromatic N) is 5. The Morgan fingerprint density at radius 1 is 1.06 bits per heavy atom. The molecule has 0 radical (unpaired) electrons. The summed E-state index contributed by atoms with van der Waals surface area (Å²) in [4.78, 5) is 12.2.